The summed E-state index contributed by atoms with van der Waals surface area (Å²) < 4.78 is 0. The largest absolute Gasteiger partial charge is 0.342 e. The highest BCUT2D eigenvalue weighted by molar-refractivity contribution is 6.36. The van der Waals surface area contributed by atoms with Crippen LogP contribution in [0.1, 0.15) is 78.1 Å². The molecule has 3 nitrogen and oxygen atoms in total. The van der Waals surface area contributed by atoms with Gasteiger partial charge in [-0.3, -0.25) is 9.59 Å². The van der Waals surface area contributed by atoms with Crippen LogP contribution >= 0.6 is 23.2 Å². The second-order valence-corrected chi connectivity index (χ2v) is 9.86. The third-order valence-electron chi connectivity index (χ3n) is 7.28. The molecule has 1 heterocycles. The molecule has 0 bridgehead atoms. The van der Waals surface area contributed by atoms with Crippen molar-refractivity contribution in [2.75, 3.05) is 13.1 Å². The van der Waals surface area contributed by atoms with Crippen LogP contribution in [0.5, 0.6) is 0 Å². The summed E-state index contributed by atoms with van der Waals surface area (Å²) in [7, 11) is 0. The predicted molar refractivity (Wildman–Crippen MR) is 131 cm³/mol. The molecule has 1 fully saturated rings. The minimum absolute atomic E-state index is 0.131. The molecule has 2 aromatic carbocycles. The van der Waals surface area contributed by atoms with E-state index in [1.165, 1.54) is 11.1 Å². The SMILES string of the molecule is CCc1ccc(CC)c2c1CCC(C(=O)N1CCC(c3c(Cl)cccc3Cl)CC1)CC2=O. The molecule has 1 atom stereocenters. The van der Waals surface area contributed by atoms with Crippen LogP contribution in [0.15, 0.2) is 30.3 Å². The van der Waals surface area contributed by atoms with Crippen LogP contribution in [0, 0.1) is 5.92 Å². The van der Waals surface area contributed by atoms with Gasteiger partial charge in [0, 0.05) is 41.0 Å². The smallest absolute Gasteiger partial charge is 0.226 e. The van der Waals surface area contributed by atoms with Gasteiger partial charge in [0.05, 0.1) is 0 Å². The van der Waals surface area contributed by atoms with E-state index in [-0.39, 0.29) is 23.5 Å². The second kappa shape index (κ2) is 9.97. The van der Waals surface area contributed by atoms with Crippen LogP contribution in [0.25, 0.3) is 0 Å². The van der Waals surface area contributed by atoms with Gasteiger partial charge in [-0.2, -0.15) is 0 Å². The van der Waals surface area contributed by atoms with E-state index in [9.17, 15) is 9.59 Å². The molecule has 0 aromatic heterocycles. The summed E-state index contributed by atoms with van der Waals surface area (Å²) in [6.07, 6.45) is 5.31. The molecule has 2 aromatic rings. The number of nitrogens with zero attached hydrogens (tertiary/aromatic N) is 1. The Kier molecular flexibility index (Phi) is 7.27. The van der Waals surface area contributed by atoms with E-state index >= 15 is 0 Å². The number of benzene rings is 2. The molecule has 4 rings (SSSR count). The van der Waals surface area contributed by atoms with Crippen molar-refractivity contribution in [2.24, 2.45) is 5.92 Å². The third-order valence-corrected chi connectivity index (χ3v) is 7.93. The van der Waals surface area contributed by atoms with Gasteiger partial charge >= 0.3 is 0 Å². The summed E-state index contributed by atoms with van der Waals surface area (Å²) in [5.74, 6) is 0.302. The Hall–Kier alpha value is -1.84. The standard InChI is InChI=1S/C27H31Cl2NO2/c1-3-17-8-9-18(4-2)25-21(17)11-10-20(16-24(25)31)27(32)30-14-12-19(13-15-30)26-22(28)6-5-7-23(26)29/h5-9,19-20H,3-4,10-16H2,1-2H3. The predicted octanol–water partition coefficient (Wildman–Crippen LogP) is 6.66. The lowest BCUT2D eigenvalue weighted by atomic mass is 9.88. The van der Waals surface area contributed by atoms with E-state index in [1.807, 2.05) is 23.1 Å². The third kappa shape index (κ3) is 4.47. The highest BCUT2D eigenvalue weighted by Crippen LogP contribution is 2.38. The maximum atomic E-state index is 13.4. The fraction of sp³-hybridized carbons (Fsp3) is 0.481. The number of fused-ring (bicyclic) bond motifs is 1. The van der Waals surface area contributed by atoms with E-state index in [0.29, 0.717) is 29.6 Å². The molecule has 2 aliphatic rings. The van der Waals surface area contributed by atoms with Crippen molar-refractivity contribution in [2.45, 2.75) is 64.7 Å². The van der Waals surface area contributed by atoms with Crippen LogP contribution in [-0.2, 0) is 24.1 Å². The van der Waals surface area contributed by atoms with Crippen LogP contribution in [0.3, 0.4) is 0 Å². The number of rotatable bonds is 4. The van der Waals surface area contributed by atoms with Gasteiger partial charge in [0.25, 0.3) is 0 Å². The van der Waals surface area contributed by atoms with Gasteiger partial charge in [-0.1, -0.05) is 55.2 Å². The Morgan fingerprint density at radius 3 is 2.22 bits per heavy atom. The fourth-order valence-corrected chi connectivity index (χ4v) is 6.21. The average Bonchev–Trinajstić information content (AvgIpc) is 2.98. The first kappa shape index (κ1) is 23.3. The van der Waals surface area contributed by atoms with Crippen molar-refractivity contribution in [1.82, 2.24) is 4.90 Å². The van der Waals surface area contributed by atoms with Gasteiger partial charge in [0.1, 0.15) is 0 Å². The van der Waals surface area contributed by atoms with Crippen LogP contribution in [-0.4, -0.2) is 29.7 Å². The summed E-state index contributed by atoms with van der Waals surface area (Å²) in [4.78, 5) is 28.6. The fourth-order valence-electron chi connectivity index (χ4n) is 5.50. The molecule has 1 amide bonds. The summed E-state index contributed by atoms with van der Waals surface area (Å²) >= 11 is 12.8. The molecule has 1 unspecified atom stereocenters. The number of Topliss-reactive ketones (excluding diaryl/α,β-unsaturated/α-hetero) is 1. The number of hydrogen-bond donors (Lipinski definition) is 0. The highest BCUT2D eigenvalue weighted by Gasteiger charge is 2.34. The molecule has 0 saturated carbocycles. The molecular formula is C27H31Cl2NO2. The van der Waals surface area contributed by atoms with Crippen molar-refractivity contribution < 1.29 is 9.59 Å². The number of carbonyl (C=O) groups excluding carboxylic acids is 2. The van der Waals surface area contributed by atoms with Crippen LogP contribution < -0.4 is 0 Å². The van der Waals surface area contributed by atoms with E-state index < -0.39 is 0 Å². The number of likely N-dealkylation sites (tertiary alicyclic amines) is 1. The normalized spacial score (nSPS) is 19.6. The minimum atomic E-state index is -0.232. The number of ketones is 1. The Balaban J connectivity index is 1.47. The van der Waals surface area contributed by atoms with Crippen molar-refractivity contribution in [1.29, 1.82) is 0 Å². The molecule has 32 heavy (non-hydrogen) atoms. The molecular weight excluding hydrogens is 441 g/mol. The lowest BCUT2D eigenvalue weighted by Gasteiger charge is -2.34. The number of carbonyl (C=O) groups is 2. The van der Waals surface area contributed by atoms with Crippen molar-refractivity contribution >= 4 is 34.9 Å². The minimum Gasteiger partial charge on any atom is -0.342 e. The number of amides is 1. The van der Waals surface area contributed by atoms with Crippen LogP contribution in [0.4, 0.5) is 0 Å². The summed E-state index contributed by atoms with van der Waals surface area (Å²) in [5.41, 5.74) is 5.44. The lowest BCUT2D eigenvalue weighted by molar-refractivity contribution is -0.136. The number of aryl methyl sites for hydroxylation is 2. The first-order valence-corrected chi connectivity index (χ1v) is 12.6. The molecule has 1 aliphatic carbocycles. The van der Waals surface area contributed by atoms with E-state index in [0.717, 1.165) is 55.2 Å². The first-order chi connectivity index (χ1) is 15.4. The topological polar surface area (TPSA) is 37.4 Å². The number of halogens is 2. The van der Waals surface area contributed by atoms with Gasteiger partial charge in [-0.15, -0.1) is 0 Å². The average molecular weight is 472 g/mol. The molecule has 170 valence electrons. The van der Waals surface area contributed by atoms with Crippen molar-refractivity contribution in [3.05, 3.63) is 68.2 Å². The first-order valence-electron chi connectivity index (χ1n) is 11.8. The maximum Gasteiger partial charge on any atom is 0.226 e. The quantitative estimate of drug-likeness (QED) is 0.467. The Bertz CT molecular complexity index is 1000. The van der Waals surface area contributed by atoms with Gasteiger partial charge in [0.2, 0.25) is 5.91 Å². The Morgan fingerprint density at radius 1 is 0.969 bits per heavy atom. The summed E-state index contributed by atoms with van der Waals surface area (Å²) in [6, 6.07) is 9.89. The molecule has 0 radical (unpaired) electrons. The van der Waals surface area contributed by atoms with Gasteiger partial charge in [0.15, 0.2) is 5.78 Å². The van der Waals surface area contributed by atoms with Crippen molar-refractivity contribution in [3.63, 3.8) is 0 Å². The van der Waals surface area contributed by atoms with Gasteiger partial charge in [-0.25, -0.2) is 0 Å². The number of piperidine rings is 1. The second-order valence-electron chi connectivity index (χ2n) is 9.04. The number of hydrogen-bond acceptors (Lipinski definition) is 2. The molecule has 1 aliphatic heterocycles. The zero-order valence-corrected chi connectivity index (χ0v) is 20.4. The lowest BCUT2D eigenvalue weighted by Crippen LogP contribution is -2.41. The van der Waals surface area contributed by atoms with Crippen LogP contribution in [0.2, 0.25) is 10.0 Å². The Labute approximate surface area is 201 Å². The zero-order valence-electron chi connectivity index (χ0n) is 18.9. The Morgan fingerprint density at radius 2 is 1.59 bits per heavy atom. The highest BCUT2D eigenvalue weighted by atomic mass is 35.5. The molecule has 0 spiro atoms. The monoisotopic (exact) mass is 471 g/mol. The summed E-state index contributed by atoms with van der Waals surface area (Å²) in [6.45, 7) is 5.60. The van der Waals surface area contributed by atoms with E-state index in [1.54, 1.807) is 0 Å². The molecule has 1 saturated heterocycles. The van der Waals surface area contributed by atoms with Crippen molar-refractivity contribution in [3.8, 4) is 0 Å². The molecule has 0 N–H and O–H groups in total. The summed E-state index contributed by atoms with van der Waals surface area (Å²) in [5, 5.41) is 1.40. The zero-order chi connectivity index (χ0) is 22.8. The van der Waals surface area contributed by atoms with E-state index in [2.05, 4.69) is 26.0 Å². The van der Waals surface area contributed by atoms with Gasteiger partial charge in [-0.05, 0) is 78.8 Å². The maximum absolute atomic E-state index is 13.4. The van der Waals surface area contributed by atoms with Gasteiger partial charge < -0.3 is 4.90 Å². The van der Waals surface area contributed by atoms with E-state index in [4.69, 9.17) is 23.2 Å². The molecule has 5 heteroatoms.